The summed E-state index contributed by atoms with van der Waals surface area (Å²) in [6, 6.07) is 3.87. The van der Waals surface area contributed by atoms with E-state index in [9.17, 15) is 0 Å². The highest BCUT2D eigenvalue weighted by Gasteiger charge is 2.03. The van der Waals surface area contributed by atoms with Gasteiger partial charge in [0.05, 0.1) is 0 Å². The van der Waals surface area contributed by atoms with Gasteiger partial charge in [-0.05, 0) is 18.4 Å². The quantitative estimate of drug-likeness (QED) is 0.642. The molecule has 0 aliphatic rings. The van der Waals surface area contributed by atoms with Crippen molar-refractivity contribution in [3.8, 4) is 0 Å². The minimum absolute atomic E-state index is 0.862. The van der Waals surface area contributed by atoms with Gasteiger partial charge in [0.2, 0.25) is 0 Å². The number of thioether (sulfide) groups is 1. The maximum atomic E-state index is 5.13. The maximum absolute atomic E-state index is 5.13. The van der Waals surface area contributed by atoms with Crippen LogP contribution in [-0.2, 0) is 0 Å². The van der Waals surface area contributed by atoms with Crippen LogP contribution < -0.4 is 4.90 Å². The second-order valence-electron chi connectivity index (χ2n) is 2.23. The van der Waals surface area contributed by atoms with Crippen LogP contribution in [0.3, 0.4) is 0 Å². The number of aromatic nitrogens is 1. The number of hydrogen-bond donors (Lipinski definition) is 0. The van der Waals surface area contributed by atoms with Gasteiger partial charge in [-0.25, -0.2) is 0 Å². The molecule has 0 amide bonds. The highest BCUT2D eigenvalue weighted by Crippen LogP contribution is 2.14. The molecule has 0 aliphatic carbocycles. The first kappa shape index (κ1) is 9.48. The average Bonchev–Trinajstić information content (AvgIpc) is 2.17. The monoisotopic (exact) mass is 198 g/mol. The third kappa shape index (κ3) is 2.19. The summed E-state index contributed by atoms with van der Waals surface area (Å²) in [5, 5.41) is 0. The molecule has 64 valence electrons. The molecule has 0 saturated carbocycles. The van der Waals surface area contributed by atoms with Crippen molar-refractivity contribution in [1.82, 2.24) is 4.98 Å². The third-order valence-electron chi connectivity index (χ3n) is 1.50. The van der Waals surface area contributed by atoms with Gasteiger partial charge in [-0.2, -0.15) is 0 Å². The second-order valence-corrected chi connectivity index (χ2v) is 3.67. The van der Waals surface area contributed by atoms with Crippen molar-refractivity contribution in [1.29, 1.82) is 0 Å². The molecule has 0 aromatic carbocycles. The molecule has 2 nitrogen and oxygen atoms in total. The zero-order valence-electron chi connectivity index (χ0n) is 7.02. The molecule has 0 radical (unpaired) electrons. The summed E-state index contributed by atoms with van der Waals surface area (Å²) in [6.45, 7) is 0. The fraction of sp³-hybridized carbons (Fsp3) is 0.250. The lowest BCUT2D eigenvalue weighted by molar-refractivity contribution is 1.25. The van der Waals surface area contributed by atoms with Crippen molar-refractivity contribution < 1.29 is 0 Å². The molecule has 0 bridgehead atoms. The van der Waals surface area contributed by atoms with Gasteiger partial charge in [0.1, 0.15) is 4.32 Å². The Balaban J connectivity index is 2.78. The molecule has 0 aliphatic heterocycles. The van der Waals surface area contributed by atoms with E-state index in [0.29, 0.717) is 0 Å². The Kier molecular flexibility index (Phi) is 3.49. The highest BCUT2D eigenvalue weighted by atomic mass is 32.2. The molecule has 0 atom stereocenters. The molecular weight excluding hydrogens is 188 g/mol. The van der Waals surface area contributed by atoms with E-state index >= 15 is 0 Å². The lowest BCUT2D eigenvalue weighted by Gasteiger charge is -2.17. The summed E-state index contributed by atoms with van der Waals surface area (Å²) >= 11 is 6.69. The van der Waals surface area contributed by atoms with Gasteiger partial charge in [0, 0.05) is 25.1 Å². The molecule has 1 rings (SSSR count). The molecule has 0 saturated heterocycles. The van der Waals surface area contributed by atoms with Gasteiger partial charge in [0.25, 0.3) is 0 Å². The van der Waals surface area contributed by atoms with Crippen molar-refractivity contribution in [2.45, 2.75) is 0 Å². The first-order valence-corrected chi connectivity index (χ1v) is 5.10. The van der Waals surface area contributed by atoms with E-state index in [0.717, 1.165) is 10.0 Å². The number of nitrogens with zero attached hydrogens (tertiary/aromatic N) is 2. The van der Waals surface area contributed by atoms with Crippen molar-refractivity contribution in [2.75, 3.05) is 18.2 Å². The lowest BCUT2D eigenvalue weighted by Crippen LogP contribution is -2.20. The van der Waals surface area contributed by atoms with Crippen LogP contribution in [0.4, 0.5) is 5.69 Å². The Labute approximate surface area is 82.0 Å². The lowest BCUT2D eigenvalue weighted by atomic mass is 10.4. The van der Waals surface area contributed by atoms with Crippen molar-refractivity contribution in [3.63, 3.8) is 0 Å². The van der Waals surface area contributed by atoms with Crippen molar-refractivity contribution in [3.05, 3.63) is 24.5 Å². The van der Waals surface area contributed by atoms with Crippen LogP contribution >= 0.6 is 24.0 Å². The van der Waals surface area contributed by atoms with Gasteiger partial charge in [-0.3, -0.25) is 4.98 Å². The topological polar surface area (TPSA) is 16.1 Å². The summed E-state index contributed by atoms with van der Waals surface area (Å²) in [5.41, 5.74) is 1.07. The standard InChI is InChI=1S/C8H10N2S2/c1-10(8(11)12-2)7-3-5-9-6-4-7/h3-6H,1-2H3. The van der Waals surface area contributed by atoms with Crippen LogP contribution in [0, 0.1) is 0 Å². The van der Waals surface area contributed by atoms with Crippen LogP contribution in [0.1, 0.15) is 0 Å². The second kappa shape index (κ2) is 4.42. The fourth-order valence-electron chi connectivity index (χ4n) is 0.810. The van der Waals surface area contributed by atoms with Crippen LogP contribution in [0.2, 0.25) is 0 Å². The summed E-state index contributed by atoms with van der Waals surface area (Å²) in [5.74, 6) is 0. The van der Waals surface area contributed by atoms with Gasteiger partial charge in [-0.1, -0.05) is 12.2 Å². The Hall–Kier alpha value is -0.610. The average molecular weight is 198 g/mol. The molecule has 0 N–H and O–H groups in total. The Morgan fingerprint density at radius 3 is 2.58 bits per heavy atom. The van der Waals surface area contributed by atoms with E-state index in [-0.39, 0.29) is 0 Å². The molecule has 0 unspecified atom stereocenters. The molecule has 1 aromatic heterocycles. The Morgan fingerprint density at radius 2 is 2.08 bits per heavy atom. The predicted molar refractivity (Wildman–Crippen MR) is 58.8 cm³/mol. The van der Waals surface area contributed by atoms with Crippen LogP contribution in [0.15, 0.2) is 24.5 Å². The molecule has 1 heterocycles. The Bertz CT molecular complexity index is 261. The summed E-state index contributed by atoms with van der Waals surface area (Å²) < 4.78 is 0.862. The highest BCUT2D eigenvalue weighted by molar-refractivity contribution is 8.22. The van der Waals surface area contributed by atoms with Crippen LogP contribution in [-0.4, -0.2) is 22.6 Å². The summed E-state index contributed by atoms with van der Waals surface area (Å²) in [4.78, 5) is 5.90. The molecule has 0 fully saturated rings. The minimum atomic E-state index is 0.862. The van der Waals surface area contributed by atoms with Crippen LogP contribution in [0.5, 0.6) is 0 Å². The molecule has 12 heavy (non-hydrogen) atoms. The smallest absolute Gasteiger partial charge is 0.140 e. The zero-order valence-corrected chi connectivity index (χ0v) is 8.65. The van der Waals surface area contributed by atoms with Gasteiger partial charge in [-0.15, -0.1) is 11.8 Å². The molecule has 1 aromatic rings. The number of hydrogen-bond acceptors (Lipinski definition) is 3. The number of thiocarbonyl (C=S) groups is 1. The number of pyridine rings is 1. The number of anilines is 1. The van der Waals surface area contributed by atoms with E-state index in [1.165, 1.54) is 0 Å². The number of rotatable bonds is 1. The first-order chi connectivity index (χ1) is 5.75. The first-order valence-electron chi connectivity index (χ1n) is 3.47. The maximum Gasteiger partial charge on any atom is 0.140 e. The van der Waals surface area contributed by atoms with E-state index < -0.39 is 0 Å². The van der Waals surface area contributed by atoms with E-state index in [1.807, 2.05) is 30.3 Å². The summed E-state index contributed by atoms with van der Waals surface area (Å²) in [7, 11) is 1.95. The van der Waals surface area contributed by atoms with Crippen LogP contribution in [0.25, 0.3) is 0 Å². The summed E-state index contributed by atoms with van der Waals surface area (Å²) in [6.07, 6.45) is 5.49. The largest absolute Gasteiger partial charge is 0.330 e. The van der Waals surface area contributed by atoms with E-state index in [4.69, 9.17) is 12.2 Å². The van der Waals surface area contributed by atoms with E-state index in [2.05, 4.69) is 4.98 Å². The van der Waals surface area contributed by atoms with Crippen molar-refractivity contribution in [2.24, 2.45) is 0 Å². The molecular formula is C8H10N2S2. The van der Waals surface area contributed by atoms with Gasteiger partial charge in [0.15, 0.2) is 0 Å². The molecule has 4 heteroatoms. The molecule has 0 spiro atoms. The third-order valence-corrected chi connectivity index (χ3v) is 2.90. The van der Waals surface area contributed by atoms with Crippen molar-refractivity contribution >= 4 is 34.0 Å². The normalized spacial score (nSPS) is 9.50. The van der Waals surface area contributed by atoms with Gasteiger partial charge >= 0.3 is 0 Å². The Morgan fingerprint density at radius 1 is 1.50 bits per heavy atom. The van der Waals surface area contributed by atoms with E-state index in [1.54, 1.807) is 24.2 Å². The van der Waals surface area contributed by atoms with Gasteiger partial charge < -0.3 is 4.90 Å². The minimum Gasteiger partial charge on any atom is -0.330 e. The SMILES string of the molecule is CSC(=S)N(C)c1ccncc1. The zero-order chi connectivity index (χ0) is 8.97. The fourth-order valence-corrected chi connectivity index (χ4v) is 1.29. The predicted octanol–water partition coefficient (Wildman–Crippen LogP) is 2.17.